The summed E-state index contributed by atoms with van der Waals surface area (Å²) in [4.78, 5) is 10.9. The van der Waals surface area contributed by atoms with E-state index in [1.165, 1.54) is 12.5 Å². The quantitative estimate of drug-likeness (QED) is 0.576. The molecule has 1 atom stereocenters. The third kappa shape index (κ3) is 5.46. The molecular formula is C17H26O2. The van der Waals surface area contributed by atoms with Gasteiger partial charge < -0.3 is 4.74 Å². The van der Waals surface area contributed by atoms with Gasteiger partial charge in [0.15, 0.2) is 0 Å². The Hall–Kier alpha value is -1.31. The van der Waals surface area contributed by atoms with Crippen LogP contribution in [-0.4, -0.2) is 5.97 Å². The van der Waals surface area contributed by atoms with Crippen LogP contribution in [0.15, 0.2) is 24.3 Å². The van der Waals surface area contributed by atoms with Gasteiger partial charge in [0.2, 0.25) is 0 Å². The van der Waals surface area contributed by atoms with Crippen LogP contribution in [0.1, 0.15) is 59.4 Å². The lowest BCUT2D eigenvalue weighted by Gasteiger charge is -2.29. The second-order valence-corrected chi connectivity index (χ2v) is 6.78. The van der Waals surface area contributed by atoms with Gasteiger partial charge in [0.25, 0.3) is 0 Å². The number of hydrogen-bond acceptors (Lipinski definition) is 2. The van der Waals surface area contributed by atoms with E-state index in [0.717, 1.165) is 6.42 Å². The molecule has 2 nitrogen and oxygen atoms in total. The molecule has 0 saturated heterocycles. The fourth-order valence-corrected chi connectivity index (χ4v) is 2.35. The molecule has 0 aromatic heterocycles. The summed E-state index contributed by atoms with van der Waals surface area (Å²) >= 11 is 0. The van der Waals surface area contributed by atoms with Crippen LogP contribution in [0.4, 0.5) is 0 Å². The second-order valence-electron chi connectivity index (χ2n) is 6.78. The Balaban J connectivity index is 2.88. The lowest BCUT2D eigenvalue weighted by atomic mass is 9.76. The third-order valence-corrected chi connectivity index (χ3v) is 3.21. The van der Waals surface area contributed by atoms with Gasteiger partial charge in [-0.2, -0.15) is 0 Å². The SMILES string of the molecule is CC(=O)Oc1ccc(C(CC(C)(C)C)C(C)C)cc1. The van der Waals surface area contributed by atoms with Crippen LogP contribution in [-0.2, 0) is 4.79 Å². The van der Waals surface area contributed by atoms with E-state index in [1.54, 1.807) is 0 Å². The van der Waals surface area contributed by atoms with E-state index in [9.17, 15) is 4.79 Å². The third-order valence-electron chi connectivity index (χ3n) is 3.21. The summed E-state index contributed by atoms with van der Waals surface area (Å²) in [5.74, 6) is 1.47. The van der Waals surface area contributed by atoms with Gasteiger partial charge in [0.1, 0.15) is 5.75 Å². The highest BCUT2D eigenvalue weighted by Gasteiger charge is 2.22. The van der Waals surface area contributed by atoms with E-state index in [-0.39, 0.29) is 5.97 Å². The first-order valence-electron chi connectivity index (χ1n) is 6.97. The minimum Gasteiger partial charge on any atom is -0.427 e. The van der Waals surface area contributed by atoms with Gasteiger partial charge in [-0.15, -0.1) is 0 Å². The summed E-state index contributed by atoms with van der Waals surface area (Å²) in [6, 6.07) is 7.92. The zero-order valence-electron chi connectivity index (χ0n) is 13.0. The first-order chi connectivity index (χ1) is 8.69. The molecule has 19 heavy (non-hydrogen) atoms. The fourth-order valence-electron chi connectivity index (χ4n) is 2.35. The van der Waals surface area contributed by atoms with Crippen molar-refractivity contribution >= 4 is 5.97 Å². The first kappa shape index (κ1) is 15.7. The van der Waals surface area contributed by atoms with Crippen LogP contribution in [0, 0.1) is 11.3 Å². The van der Waals surface area contributed by atoms with E-state index >= 15 is 0 Å². The topological polar surface area (TPSA) is 26.3 Å². The van der Waals surface area contributed by atoms with E-state index in [0.29, 0.717) is 23.0 Å². The smallest absolute Gasteiger partial charge is 0.308 e. The average molecular weight is 262 g/mol. The van der Waals surface area contributed by atoms with Crippen LogP contribution < -0.4 is 4.74 Å². The molecule has 0 heterocycles. The van der Waals surface area contributed by atoms with Crippen molar-refractivity contribution in [1.82, 2.24) is 0 Å². The molecule has 0 spiro atoms. The van der Waals surface area contributed by atoms with Crippen LogP contribution in [0.5, 0.6) is 5.75 Å². The Labute approximate surface area is 117 Å². The number of carbonyl (C=O) groups excluding carboxylic acids is 1. The largest absolute Gasteiger partial charge is 0.427 e. The van der Waals surface area contributed by atoms with Crippen LogP contribution in [0.3, 0.4) is 0 Å². The Morgan fingerprint density at radius 1 is 1.16 bits per heavy atom. The van der Waals surface area contributed by atoms with Gasteiger partial charge in [0.05, 0.1) is 0 Å². The van der Waals surface area contributed by atoms with Gasteiger partial charge >= 0.3 is 5.97 Å². The number of rotatable bonds is 4. The molecule has 2 heteroatoms. The van der Waals surface area contributed by atoms with E-state index in [2.05, 4.69) is 46.8 Å². The molecule has 0 radical (unpaired) electrons. The maximum Gasteiger partial charge on any atom is 0.308 e. The van der Waals surface area contributed by atoms with Crippen molar-refractivity contribution in [2.24, 2.45) is 11.3 Å². The minimum absolute atomic E-state index is 0.275. The van der Waals surface area contributed by atoms with Crippen LogP contribution in [0.25, 0.3) is 0 Å². The highest BCUT2D eigenvalue weighted by molar-refractivity contribution is 5.69. The first-order valence-corrected chi connectivity index (χ1v) is 6.97. The molecule has 0 fully saturated rings. The van der Waals surface area contributed by atoms with Crippen LogP contribution >= 0.6 is 0 Å². The molecule has 0 N–H and O–H groups in total. The maximum atomic E-state index is 10.9. The number of esters is 1. The zero-order valence-corrected chi connectivity index (χ0v) is 13.0. The predicted molar refractivity (Wildman–Crippen MR) is 79.4 cm³/mol. The number of carbonyl (C=O) groups is 1. The molecule has 0 amide bonds. The second kappa shape index (κ2) is 6.23. The Kier molecular flexibility index (Phi) is 5.16. The van der Waals surface area contributed by atoms with Crippen molar-refractivity contribution in [2.45, 2.75) is 53.9 Å². The standard InChI is InChI=1S/C17H26O2/c1-12(2)16(11-17(4,5)6)14-7-9-15(10-8-14)19-13(3)18/h7-10,12,16H,11H2,1-6H3. The van der Waals surface area contributed by atoms with Crippen molar-refractivity contribution in [2.75, 3.05) is 0 Å². The molecule has 1 aromatic rings. The van der Waals surface area contributed by atoms with E-state index < -0.39 is 0 Å². The molecule has 1 unspecified atom stereocenters. The lowest BCUT2D eigenvalue weighted by Crippen LogP contribution is -2.16. The molecule has 0 saturated carbocycles. The molecule has 106 valence electrons. The number of benzene rings is 1. The summed E-state index contributed by atoms with van der Waals surface area (Å²) < 4.78 is 5.07. The monoisotopic (exact) mass is 262 g/mol. The molecule has 0 aliphatic heterocycles. The normalized spacial score (nSPS) is 13.4. The van der Waals surface area contributed by atoms with Crippen LogP contribution in [0.2, 0.25) is 0 Å². The Bertz CT molecular complexity index is 410. The zero-order chi connectivity index (χ0) is 14.6. The van der Waals surface area contributed by atoms with Crippen molar-refractivity contribution in [3.63, 3.8) is 0 Å². The van der Waals surface area contributed by atoms with Gasteiger partial charge in [-0.05, 0) is 41.4 Å². The lowest BCUT2D eigenvalue weighted by molar-refractivity contribution is -0.131. The highest BCUT2D eigenvalue weighted by atomic mass is 16.5. The summed E-state index contributed by atoms with van der Waals surface area (Å²) in [6.45, 7) is 12.8. The summed E-state index contributed by atoms with van der Waals surface area (Å²) in [5, 5.41) is 0. The van der Waals surface area contributed by atoms with E-state index in [4.69, 9.17) is 4.74 Å². The summed E-state index contributed by atoms with van der Waals surface area (Å²) in [5.41, 5.74) is 1.63. The molecular weight excluding hydrogens is 236 g/mol. The van der Waals surface area contributed by atoms with Gasteiger partial charge in [0, 0.05) is 6.92 Å². The summed E-state index contributed by atoms with van der Waals surface area (Å²) in [7, 11) is 0. The van der Waals surface area contributed by atoms with E-state index in [1.807, 2.05) is 12.1 Å². The Morgan fingerprint density at radius 3 is 2.05 bits per heavy atom. The van der Waals surface area contributed by atoms with Crippen molar-refractivity contribution in [3.05, 3.63) is 29.8 Å². The molecule has 0 aliphatic carbocycles. The predicted octanol–water partition coefficient (Wildman–Crippen LogP) is 4.79. The minimum atomic E-state index is -0.275. The number of ether oxygens (including phenoxy) is 1. The van der Waals surface area contributed by atoms with Crippen molar-refractivity contribution in [3.8, 4) is 5.75 Å². The van der Waals surface area contributed by atoms with Gasteiger partial charge in [-0.1, -0.05) is 46.8 Å². The highest BCUT2D eigenvalue weighted by Crippen LogP contribution is 2.36. The van der Waals surface area contributed by atoms with Gasteiger partial charge in [-0.25, -0.2) is 0 Å². The maximum absolute atomic E-state index is 10.9. The number of hydrogen-bond donors (Lipinski definition) is 0. The van der Waals surface area contributed by atoms with Gasteiger partial charge in [-0.3, -0.25) is 4.79 Å². The van der Waals surface area contributed by atoms with Crippen molar-refractivity contribution in [1.29, 1.82) is 0 Å². The average Bonchev–Trinajstić information content (AvgIpc) is 2.25. The fraction of sp³-hybridized carbons (Fsp3) is 0.588. The molecule has 0 aliphatic rings. The molecule has 1 rings (SSSR count). The molecule has 1 aromatic carbocycles. The summed E-state index contributed by atoms with van der Waals surface area (Å²) in [6.07, 6.45) is 1.15. The Morgan fingerprint density at radius 2 is 1.68 bits per heavy atom. The van der Waals surface area contributed by atoms with Crippen molar-refractivity contribution < 1.29 is 9.53 Å². The molecule has 0 bridgehead atoms.